The van der Waals surface area contributed by atoms with Gasteiger partial charge in [-0.15, -0.1) is 5.06 Å². The van der Waals surface area contributed by atoms with Gasteiger partial charge in [-0.3, -0.25) is 0 Å². The van der Waals surface area contributed by atoms with Gasteiger partial charge in [0, 0.05) is 13.1 Å². The summed E-state index contributed by atoms with van der Waals surface area (Å²) in [6.07, 6.45) is 11.0. The van der Waals surface area contributed by atoms with Crippen molar-refractivity contribution in [2.45, 2.75) is 53.4 Å². The second kappa shape index (κ2) is 10.7. The van der Waals surface area contributed by atoms with Gasteiger partial charge in [-0.25, -0.2) is 0 Å². The van der Waals surface area contributed by atoms with Gasteiger partial charge in [0.1, 0.15) is 5.76 Å². The molecule has 0 bridgehead atoms. The van der Waals surface area contributed by atoms with Crippen molar-refractivity contribution >= 4 is 0 Å². The van der Waals surface area contributed by atoms with Crippen molar-refractivity contribution in [1.29, 1.82) is 0 Å². The van der Waals surface area contributed by atoms with Gasteiger partial charge in [-0.05, 0) is 38.8 Å². The van der Waals surface area contributed by atoms with E-state index in [-0.39, 0.29) is 0 Å². The molecule has 0 spiro atoms. The Kier molecular flexibility index (Phi) is 10.2. The Hall–Kier alpha value is -0.760. The van der Waals surface area contributed by atoms with Crippen LogP contribution in [0.15, 0.2) is 24.0 Å². The van der Waals surface area contributed by atoms with Crippen molar-refractivity contribution < 1.29 is 4.84 Å². The maximum atomic E-state index is 5.81. The topological polar surface area (TPSA) is 12.5 Å². The van der Waals surface area contributed by atoms with Gasteiger partial charge < -0.3 is 4.84 Å². The SMILES string of the molecule is CCC/C=C/C(=C\CCC)ON(CC)CC. The van der Waals surface area contributed by atoms with Gasteiger partial charge in [-0.2, -0.15) is 0 Å². The summed E-state index contributed by atoms with van der Waals surface area (Å²) in [5.74, 6) is 0.985. The highest BCUT2D eigenvalue weighted by molar-refractivity contribution is 5.11. The summed E-state index contributed by atoms with van der Waals surface area (Å²) in [7, 11) is 0. The summed E-state index contributed by atoms with van der Waals surface area (Å²) >= 11 is 0. The van der Waals surface area contributed by atoms with Crippen LogP contribution in [0.1, 0.15) is 53.4 Å². The van der Waals surface area contributed by atoms with E-state index < -0.39 is 0 Å². The first-order valence-corrected chi connectivity index (χ1v) is 6.57. The average molecular weight is 225 g/mol. The van der Waals surface area contributed by atoms with E-state index in [1.54, 1.807) is 0 Å². The number of hydrogen-bond donors (Lipinski definition) is 0. The Morgan fingerprint density at radius 1 is 1.00 bits per heavy atom. The lowest BCUT2D eigenvalue weighted by Gasteiger charge is -2.19. The van der Waals surface area contributed by atoms with Crippen molar-refractivity contribution in [2.24, 2.45) is 0 Å². The predicted molar refractivity (Wildman–Crippen MR) is 71.0 cm³/mol. The van der Waals surface area contributed by atoms with Gasteiger partial charge in [0.25, 0.3) is 0 Å². The Bertz CT molecular complexity index is 205. The Labute approximate surface area is 101 Å². The molecular weight excluding hydrogens is 198 g/mol. The second-order valence-electron chi connectivity index (χ2n) is 3.79. The van der Waals surface area contributed by atoms with E-state index in [9.17, 15) is 0 Å². The minimum Gasteiger partial charge on any atom is -0.406 e. The van der Waals surface area contributed by atoms with Crippen LogP contribution in [-0.4, -0.2) is 18.2 Å². The second-order valence-corrected chi connectivity index (χ2v) is 3.79. The number of nitrogens with zero attached hydrogens (tertiary/aromatic N) is 1. The molecule has 0 aromatic carbocycles. The lowest BCUT2D eigenvalue weighted by Crippen LogP contribution is -2.22. The van der Waals surface area contributed by atoms with E-state index in [1.807, 2.05) is 5.06 Å². The van der Waals surface area contributed by atoms with E-state index in [0.29, 0.717) is 0 Å². The third-order valence-corrected chi connectivity index (χ3v) is 2.31. The highest BCUT2D eigenvalue weighted by atomic mass is 16.7. The van der Waals surface area contributed by atoms with Crippen molar-refractivity contribution in [3.63, 3.8) is 0 Å². The fourth-order valence-electron chi connectivity index (χ4n) is 1.29. The molecule has 94 valence electrons. The number of rotatable bonds is 9. The fourth-order valence-corrected chi connectivity index (χ4v) is 1.29. The van der Waals surface area contributed by atoms with Crippen molar-refractivity contribution in [3.05, 3.63) is 24.0 Å². The van der Waals surface area contributed by atoms with Crippen molar-refractivity contribution in [2.75, 3.05) is 13.1 Å². The molecule has 0 aliphatic heterocycles. The predicted octanol–water partition coefficient (Wildman–Crippen LogP) is 4.30. The van der Waals surface area contributed by atoms with Crippen LogP contribution in [0.2, 0.25) is 0 Å². The average Bonchev–Trinajstić information content (AvgIpc) is 2.32. The Morgan fingerprint density at radius 3 is 2.12 bits per heavy atom. The molecule has 0 aliphatic carbocycles. The molecule has 0 aromatic rings. The van der Waals surface area contributed by atoms with E-state index in [0.717, 1.165) is 38.1 Å². The lowest BCUT2D eigenvalue weighted by atomic mass is 10.2. The van der Waals surface area contributed by atoms with Gasteiger partial charge in [0.05, 0.1) is 0 Å². The van der Waals surface area contributed by atoms with Crippen LogP contribution >= 0.6 is 0 Å². The molecule has 0 aromatic heterocycles. The highest BCUT2D eigenvalue weighted by Crippen LogP contribution is 2.07. The first-order chi connectivity index (χ1) is 7.78. The Balaban J connectivity index is 4.30. The molecule has 0 radical (unpaired) electrons. The fraction of sp³-hybridized carbons (Fsp3) is 0.714. The molecule has 16 heavy (non-hydrogen) atoms. The van der Waals surface area contributed by atoms with Gasteiger partial charge in [-0.1, -0.05) is 32.8 Å². The normalized spacial score (nSPS) is 12.7. The van der Waals surface area contributed by atoms with Crippen LogP contribution in [0.25, 0.3) is 0 Å². The zero-order valence-corrected chi connectivity index (χ0v) is 11.3. The van der Waals surface area contributed by atoms with Crippen LogP contribution in [0, 0.1) is 0 Å². The molecule has 0 fully saturated rings. The van der Waals surface area contributed by atoms with Gasteiger partial charge >= 0.3 is 0 Å². The van der Waals surface area contributed by atoms with E-state index >= 15 is 0 Å². The van der Waals surface area contributed by atoms with Crippen molar-refractivity contribution in [3.8, 4) is 0 Å². The quantitative estimate of drug-likeness (QED) is 0.329. The van der Waals surface area contributed by atoms with Crippen LogP contribution in [-0.2, 0) is 4.84 Å². The van der Waals surface area contributed by atoms with Crippen LogP contribution in [0.3, 0.4) is 0 Å². The van der Waals surface area contributed by atoms with E-state index in [2.05, 4.69) is 45.9 Å². The molecule has 0 saturated heterocycles. The first kappa shape index (κ1) is 15.2. The summed E-state index contributed by atoms with van der Waals surface area (Å²) in [5.41, 5.74) is 0. The van der Waals surface area contributed by atoms with Crippen LogP contribution < -0.4 is 0 Å². The minimum absolute atomic E-state index is 0.918. The maximum absolute atomic E-state index is 5.81. The lowest BCUT2D eigenvalue weighted by molar-refractivity contribution is -0.107. The van der Waals surface area contributed by atoms with Crippen LogP contribution in [0.5, 0.6) is 0 Å². The van der Waals surface area contributed by atoms with Gasteiger partial charge in [0.2, 0.25) is 0 Å². The van der Waals surface area contributed by atoms with E-state index in [1.165, 1.54) is 6.42 Å². The molecular formula is C14H27NO. The van der Waals surface area contributed by atoms with Crippen molar-refractivity contribution in [1.82, 2.24) is 5.06 Å². The first-order valence-electron chi connectivity index (χ1n) is 6.57. The maximum Gasteiger partial charge on any atom is 0.143 e. The number of hydrogen-bond acceptors (Lipinski definition) is 2. The molecule has 0 saturated carbocycles. The number of allylic oxidation sites excluding steroid dienone is 3. The minimum atomic E-state index is 0.918. The molecule has 0 aliphatic rings. The van der Waals surface area contributed by atoms with Gasteiger partial charge in [0.15, 0.2) is 0 Å². The summed E-state index contributed by atoms with van der Waals surface area (Å²) in [5, 5.41) is 1.97. The highest BCUT2D eigenvalue weighted by Gasteiger charge is 2.01. The number of hydroxylamine groups is 2. The zero-order valence-electron chi connectivity index (χ0n) is 11.3. The smallest absolute Gasteiger partial charge is 0.143 e. The standard InChI is InChI=1S/C14H27NO/c1-5-9-11-13-14(12-10-6-2)16-15(7-3)8-4/h11-13H,5-10H2,1-4H3/b13-11+,14-12+. The van der Waals surface area contributed by atoms with E-state index in [4.69, 9.17) is 4.84 Å². The Morgan fingerprint density at radius 2 is 1.62 bits per heavy atom. The summed E-state index contributed by atoms with van der Waals surface area (Å²) in [6, 6.07) is 0. The molecule has 0 heterocycles. The summed E-state index contributed by atoms with van der Waals surface area (Å²) < 4.78 is 0. The molecule has 0 unspecified atom stereocenters. The molecule has 0 N–H and O–H groups in total. The van der Waals surface area contributed by atoms with Crippen LogP contribution in [0.4, 0.5) is 0 Å². The number of unbranched alkanes of at least 4 members (excludes halogenated alkanes) is 2. The molecule has 0 atom stereocenters. The molecule has 2 heteroatoms. The third-order valence-electron chi connectivity index (χ3n) is 2.31. The monoisotopic (exact) mass is 225 g/mol. The summed E-state index contributed by atoms with van der Waals surface area (Å²) in [4.78, 5) is 5.81. The third kappa shape index (κ3) is 7.52. The largest absolute Gasteiger partial charge is 0.406 e. The summed E-state index contributed by atoms with van der Waals surface area (Å²) in [6.45, 7) is 10.4. The molecule has 2 nitrogen and oxygen atoms in total. The molecule has 0 amide bonds. The zero-order chi connectivity index (χ0) is 12.2. The molecule has 0 rings (SSSR count).